The fourth-order valence-corrected chi connectivity index (χ4v) is 2.88. The lowest BCUT2D eigenvalue weighted by Crippen LogP contribution is -2.59. The van der Waals surface area contributed by atoms with Crippen molar-refractivity contribution in [3.8, 4) is 0 Å². The molecule has 1 fully saturated rings. The van der Waals surface area contributed by atoms with Gasteiger partial charge in [0.25, 0.3) is 0 Å². The summed E-state index contributed by atoms with van der Waals surface area (Å²) >= 11 is 3.54. The topological polar surface area (TPSA) is 35.6 Å². The summed E-state index contributed by atoms with van der Waals surface area (Å²) in [4.78, 5) is 16.6. The van der Waals surface area contributed by atoms with Gasteiger partial charge in [-0.15, -0.1) is 0 Å². The van der Waals surface area contributed by atoms with Gasteiger partial charge in [0.1, 0.15) is 0 Å². The van der Waals surface area contributed by atoms with E-state index in [1.54, 1.807) is 0 Å². The van der Waals surface area contributed by atoms with Crippen molar-refractivity contribution in [2.24, 2.45) is 0 Å². The molecule has 1 aliphatic heterocycles. The summed E-state index contributed by atoms with van der Waals surface area (Å²) in [6, 6.07) is 8.57. The number of likely N-dealkylation sites (N-methyl/N-ethyl adjacent to an activating group) is 1. The third-order valence-corrected chi connectivity index (χ3v) is 4.69. The van der Waals surface area contributed by atoms with Gasteiger partial charge in [0.2, 0.25) is 5.91 Å². The van der Waals surface area contributed by atoms with Gasteiger partial charge in [-0.3, -0.25) is 9.69 Å². The zero-order valence-corrected chi connectivity index (χ0v) is 14.4. The van der Waals surface area contributed by atoms with Crippen LogP contribution in [-0.4, -0.2) is 55.0 Å². The van der Waals surface area contributed by atoms with Crippen LogP contribution in [0.2, 0.25) is 0 Å². The molecule has 0 radical (unpaired) electrons. The van der Waals surface area contributed by atoms with Gasteiger partial charge in [0, 0.05) is 37.2 Å². The summed E-state index contributed by atoms with van der Waals surface area (Å²) in [6.45, 7) is 6.31. The minimum atomic E-state index is 0.186. The zero-order valence-electron chi connectivity index (χ0n) is 12.8. The van der Waals surface area contributed by atoms with Crippen molar-refractivity contribution in [2.45, 2.75) is 25.9 Å². The number of hydrogen-bond donors (Lipinski definition) is 1. The molecule has 1 heterocycles. The van der Waals surface area contributed by atoms with Crippen LogP contribution in [0.25, 0.3) is 0 Å². The van der Waals surface area contributed by atoms with E-state index in [0.29, 0.717) is 19.1 Å². The first-order valence-electron chi connectivity index (χ1n) is 7.54. The van der Waals surface area contributed by atoms with Crippen molar-refractivity contribution in [1.29, 1.82) is 0 Å². The quantitative estimate of drug-likeness (QED) is 0.815. The third kappa shape index (κ3) is 4.53. The minimum Gasteiger partial charge on any atom is -0.340 e. The maximum absolute atomic E-state index is 12.4. The Hall–Kier alpha value is -0.910. The van der Waals surface area contributed by atoms with Crippen LogP contribution in [0.3, 0.4) is 0 Å². The largest absolute Gasteiger partial charge is 0.340 e. The Balaban J connectivity index is 1.90. The first-order chi connectivity index (χ1) is 10.1. The smallest absolute Gasteiger partial charge is 0.236 e. The van der Waals surface area contributed by atoms with E-state index in [-0.39, 0.29) is 5.91 Å². The molecule has 116 valence electrons. The van der Waals surface area contributed by atoms with E-state index in [4.69, 9.17) is 0 Å². The number of carbonyl (C=O) groups is 1. The molecule has 0 atom stereocenters. The second kappa shape index (κ2) is 7.92. The van der Waals surface area contributed by atoms with Gasteiger partial charge in [-0.2, -0.15) is 0 Å². The molecule has 1 N–H and O–H groups in total. The monoisotopic (exact) mass is 353 g/mol. The first-order valence-corrected chi connectivity index (χ1v) is 8.33. The van der Waals surface area contributed by atoms with Crippen molar-refractivity contribution in [3.63, 3.8) is 0 Å². The Labute approximate surface area is 135 Å². The molecule has 1 aromatic rings. The van der Waals surface area contributed by atoms with E-state index in [9.17, 15) is 4.79 Å². The summed E-state index contributed by atoms with van der Waals surface area (Å²) in [7, 11) is 1.88. The summed E-state index contributed by atoms with van der Waals surface area (Å²) in [5.74, 6) is 0.186. The summed E-state index contributed by atoms with van der Waals surface area (Å²) in [5.41, 5.74) is 1.14. The number of carbonyl (C=O) groups excluding carboxylic acids is 1. The maximum Gasteiger partial charge on any atom is 0.236 e. The highest BCUT2D eigenvalue weighted by molar-refractivity contribution is 9.10. The molecule has 2 rings (SSSR count). The second-order valence-corrected chi connectivity index (χ2v) is 6.48. The molecular weight excluding hydrogens is 330 g/mol. The van der Waals surface area contributed by atoms with E-state index in [2.05, 4.69) is 33.1 Å². The van der Waals surface area contributed by atoms with Crippen LogP contribution in [0.15, 0.2) is 28.7 Å². The zero-order chi connectivity index (χ0) is 15.2. The number of nitrogens with zero attached hydrogens (tertiary/aromatic N) is 2. The van der Waals surface area contributed by atoms with Crippen molar-refractivity contribution in [3.05, 3.63) is 34.3 Å². The van der Waals surface area contributed by atoms with Crippen LogP contribution < -0.4 is 5.32 Å². The average molecular weight is 354 g/mol. The van der Waals surface area contributed by atoms with E-state index < -0.39 is 0 Å². The van der Waals surface area contributed by atoms with E-state index >= 15 is 0 Å². The normalized spacial score (nSPS) is 15.0. The molecule has 5 heteroatoms. The predicted molar refractivity (Wildman–Crippen MR) is 89.1 cm³/mol. The van der Waals surface area contributed by atoms with E-state index in [0.717, 1.165) is 36.1 Å². The second-order valence-electron chi connectivity index (χ2n) is 5.62. The highest BCUT2D eigenvalue weighted by atomic mass is 79.9. The fourth-order valence-electron chi connectivity index (χ4n) is 2.47. The molecule has 1 amide bonds. The number of nitrogens with one attached hydrogen (secondary N) is 1. The average Bonchev–Trinajstić information content (AvgIpc) is 2.39. The minimum absolute atomic E-state index is 0.186. The lowest BCUT2D eigenvalue weighted by molar-refractivity contribution is -0.132. The van der Waals surface area contributed by atoms with Gasteiger partial charge in [0.15, 0.2) is 0 Å². The fraction of sp³-hybridized carbons (Fsp3) is 0.562. The van der Waals surface area contributed by atoms with Crippen LogP contribution in [0.1, 0.15) is 18.9 Å². The SMILES string of the molecule is CCCN(CC(=O)N(C)Cc1ccccc1Br)C1CNC1. The van der Waals surface area contributed by atoms with E-state index in [1.807, 2.05) is 36.2 Å². The molecule has 0 bridgehead atoms. The molecule has 0 unspecified atom stereocenters. The Morgan fingerprint density at radius 3 is 2.67 bits per heavy atom. The van der Waals surface area contributed by atoms with Gasteiger partial charge < -0.3 is 10.2 Å². The number of hydrogen-bond acceptors (Lipinski definition) is 3. The highest BCUT2D eigenvalue weighted by Gasteiger charge is 2.26. The van der Waals surface area contributed by atoms with Crippen LogP contribution in [0.5, 0.6) is 0 Å². The Morgan fingerprint density at radius 2 is 2.10 bits per heavy atom. The van der Waals surface area contributed by atoms with Crippen molar-refractivity contribution >= 4 is 21.8 Å². The van der Waals surface area contributed by atoms with Gasteiger partial charge in [-0.05, 0) is 24.6 Å². The van der Waals surface area contributed by atoms with Gasteiger partial charge in [0.05, 0.1) is 6.54 Å². The van der Waals surface area contributed by atoms with E-state index in [1.165, 1.54) is 0 Å². The number of amides is 1. The standard InChI is InChI=1S/C16H24BrN3O/c1-3-8-20(14-9-18-10-14)12-16(21)19(2)11-13-6-4-5-7-15(13)17/h4-7,14,18H,3,8-12H2,1-2H3. The molecule has 1 aromatic carbocycles. The molecule has 0 saturated carbocycles. The number of halogens is 1. The molecule has 21 heavy (non-hydrogen) atoms. The summed E-state index contributed by atoms with van der Waals surface area (Å²) in [5, 5.41) is 3.28. The Bertz CT molecular complexity index is 476. The molecule has 1 aliphatic rings. The molecule has 1 saturated heterocycles. The number of rotatable bonds is 7. The van der Waals surface area contributed by atoms with Crippen LogP contribution in [-0.2, 0) is 11.3 Å². The van der Waals surface area contributed by atoms with Gasteiger partial charge in [-0.1, -0.05) is 41.1 Å². The van der Waals surface area contributed by atoms with Crippen LogP contribution >= 0.6 is 15.9 Å². The van der Waals surface area contributed by atoms with Crippen LogP contribution in [0.4, 0.5) is 0 Å². The van der Waals surface area contributed by atoms with Gasteiger partial charge >= 0.3 is 0 Å². The Morgan fingerprint density at radius 1 is 1.38 bits per heavy atom. The molecule has 4 nitrogen and oxygen atoms in total. The van der Waals surface area contributed by atoms with Crippen LogP contribution in [0, 0.1) is 0 Å². The van der Waals surface area contributed by atoms with Crippen molar-refractivity contribution in [2.75, 3.05) is 33.2 Å². The molecule has 0 spiro atoms. The van der Waals surface area contributed by atoms with Crippen molar-refractivity contribution < 1.29 is 4.79 Å². The van der Waals surface area contributed by atoms with Crippen molar-refractivity contribution in [1.82, 2.24) is 15.1 Å². The van der Waals surface area contributed by atoms with Gasteiger partial charge in [-0.25, -0.2) is 0 Å². The summed E-state index contributed by atoms with van der Waals surface area (Å²) in [6.07, 6.45) is 1.08. The first kappa shape index (κ1) is 16.5. The molecule has 0 aliphatic carbocycles. The number of benzene rings is 1. The molecule has 0 aromatic heterocycles. The maximum atomic E-state index is 12.4. The highest BCUT2D eigenvalue weighted by Crippen LogP contribution is 2.17. The Kier molecular flexibility index (Phi) is 6.21. The lowest BCUT2D eigenvalue weighted by Gasteiger charge is -2.38. The summed E-state index contributed by atoms with van der Waals surface area (Å²) < 4.78 is 1.05. The lowest BCUT2D eigenvalue weighted by atomic mass is 10.1. The third-order valence-electron chi connectivity index (χ3n) is 3.92. The predicted octanol–water partition coefficient (Wildman–Crippen LogP) is 2.09. The molecular formula is C16H24BrN3O.